The van der Waals surface area contributed by atoms with Gasteiger partial charge in [-0.05, 0) is 42.7 Å². The smallest absolute Gasteiger partial charge is 0.323 e. The molecule has 0 bridgehead atoms. The van der Waals surface area contributed by atoms with Crippen LogP contribution in [0.25, 0.3) is 10.8 Å². The van der Waals surface area contributed by atoms with Gasteiger partial charge in [0.15, 0.2) is 5.82 Å². The molecule has 2 aromatic carbocycles. The zero-order valence-corrected chi connectivity index (χ0v) is 14.9. The van der Waals surface area contributed by atoms with Crippen molar-refractivity contribution in [2.75, 3.05) is 5.32 Å². The van der Waals surface area contributed by atoms with Crippen LogP contribution in [-0.2, 0) is 0 Å². The van der Waals surface area contributed by atoms with Crippen molar-refractivity contribution in [1.29, 1.82) is 0 Å². The lowest BCUT2D eigenvalue weighted by Crippen LogP contribution is -2.00. The summed E-state index contributed by atoms with van der Waals surface area (Å²) in [4.78, 5) is 8.81. The number of fused-ring (bicyclic) bond motifs is 1. The Labute approximate surface area is 156 Å². The number of hydrogen-bond donors (Lipinski definition) is 2. The molecule has 0 atom stereocenters. The molecule has 0 radical (unpaired) electrons. The zero-order valence-electron chi connectivity index (χ0n) is 14.9. The predicted octanol–water partition coefficient (Wildman–Crippen LogP) is 5.07. The van der Waals surface area contributed by atoms with Gasteiger partial charge in [0.25, 0.3) is 0 Å². The van der Waals surface area contributed by atoms with E-state index in [4.69, 9.17) is 4.74 Å². The van der Waals surface area contributed by atoms with Crippen molar-refractivity contribution < 1.29 is 4.74 Å². The molecule has 1 fully saturated rings. The summed E-state index contributed by atoms with van der Waals surface area (Å²) in [6, 6.07) is 16.4. The van der Waals surface area contributed by atoms with E-state index in [2.05, 4.69) is 37.6 Å². The number of ether oxygens (including phenoxy) is 1. The van der Waals surface area contributed by atoms with Gasteiger partial charge in [0, 0.05) is 29.4 Å². The fourth-order valence-electron chi connectivity index (χ4n) is 3.06. The lowest BCUT2D eigenvalue weighted by molar-refractivity contribution is 0.443. The number of hydrogen-bond acceptors (Lipinski definition) is 5. The number of aromatic nitrogens is 4. The molecule has 0 spiro atoms. The van der Waals surface area contributed by atoms with Crippen LogP contribution in [0.1, 0.15) is 30.0 Å². The number of aryl methyl sites for hydroxylation is 1. The second kappa shape index (κ2) is 6.39. The van der Waals surface area contributed by atoms with Gasteiger partial charge in [-0.25, -0.2) is 4.98 Å². The lowest BCUT2D eigenvalue weighted by atomic mass is 10.1. The van der Waals surface area contributed by atoms with Crippen LogP contribution in [0, 0.1) is 6.92 Å². The Morgan fingerprint density at radius 1 is 1.07 bits per heavy atom. The molecule has 0 aliphatic heterocycles. The van der Waals surface area contributed by atoms with Crippen molar-refractivity contribution in [3.8, 4) is 11.8 Å². The molecule has 0 amide bonds. The number of benzene rings is 2. The Hall–Kier alpha value is -3.41. The highest BCUT2D eigenvalue weighted by Crippen LogP contribution is 2.39. The van der Waals surface area contributed by atoms with Gasteiger partial charge in [-0.15, -0.1) is 0 Å². The van der Waals surface area contributed by atoms with E-state index in [1.54, 1.807) is 6.20 Å². The quantitative estimate of drug-likeness (QED) is 0.521. The maximum absolute atomic E-state index is 5.88. The summed E-state index contributed by atoms with van der Waals surface area (Å²) in [5, 5.41) is 13.0. The fraction of sp³-hybridized carbons (Fsp3) is 0.190. The Morgan fingerprint density at radius 2 is 1.93 bits per heavy atom. The summed E-state index contributed by atoms with van der Waals surface area (Å²) in [6.07, 6.45) is 4.22. The molecule has 1 aliphatic carbocycles. The molecular formula is C21H19N5O. The average Bonchev–Trinajstić information content (AvgIpc) is 3.44. The van der Waals surface area contributed by atoms with Crippen molar-refractivity contribution in [3.05, 3.63) is 66.0 Å². The fourth-order valence-corrected chi connectivity index (χ4v) is 3.06. The monoisotopic (exact) mass is 357 g/mol. The summed E-state index contributed by atoms with van der Waals surface area (Å²) in [6.45, 7) is 1.95. The van der Waals surface area contributed by atoms with E-state index in [-0.39, 0.29) is 0 Å². The SMILES string of the molecule is Cc1cnc(Oc2ccc3ccccc3c2)nc1Nc1cc(C2CC2)[nH]n1. The first-order valence-electron chi connectivity index (χ1n) is 9.07. The average molecular weight is 357 g/mol. The number of H-pyrrole nitrogens is 1. The summed E-state index contributed by atoms with van der Waals surface area (Å²) in [5.74, 6) is 2.79. The minimum Gasteiger partial charge on any atom is -0.424 e. The normalized spacial score (nSPS) is 13.7. The Balaban J connectivity index is 1.38. The van der Waals surface area contributed by atoms with Crippen molar-refractivity contribution in [1.82, 2.24) is 20.2 Å². The molecule has 2 aromatic heterocycles. The predicted molar refractivity (Wildman–Crippen MR) is 105 cm³/mol. The van der Waals surface area contributed by atoms with Gasteiger partial charge in [-0.3, -0.25) is 5.10 Å². The van der Waals surface area contributed by atoms with Gasteiger partial charge in [0.05, 0.1) is 0 Å². The van der Waals surface area contributed by atoms with E-state index in [9.17, 15) is 0 Å². The van der Waals surface area contributed by atoms with Gasteiger partial charge in [-0.2, -0.15) is 10.1 Å². The molecule has 1 saturated carbocycles. The highest BCUT2D eigenvalue weighted by atomic mass is 16.5. The van der Waals surface area contributed by atoms with Crippen LogP contribution < -0.4 is 10.1 Å². The molecule has 2 heterocycles. The summed E-state index contributed by atoms with van der Waals surface area (Å²) in [5.41, 5.74) is 2.11. The second-order valence-corrected chi connectivity index (χ2v) is 6.90. The molecule has 0 unspecified atom stereocenters. The van der Waals surface area contributed by atoms with E-state index in [0.717, 1.165) is 16.8 Å². The molecule has 134 valence electrons. The molecular weight excluding hydrogens is 338 g/mol. The van der Waals surface area contributed by atoms with Crippen molar-refractivity contribution >= 4 is 22.4 Å². The van der Waals surface area contributed by atoms with Gasteiger partial charge in [-0.1, -0.05) is 30.3 Å². The molecule has 2 N–H and O–H groups in total. The van der Waals surface area contributed by atoms with Crippen LogP contribution in [-0.4, -0.2) is 20.2 Å². The molecule has 5 rings (SSSR count). The molecule has 1 aliphatic rings. The van der Waals surface area contributed by atoms with Crippen molar-refractivity contribution in [2.24, 2.45) is 0 Å². The van der Waals surface area contributed by atoms with Gasteiger partial charge in [0.1, 0.15) is 11.6 Å². The van der Waals surface area contributed by atoms with E-state index >= 15 is 0 Å². The van der Waals surface area contributed by atoms with Crippen LogP contribution in [0.15, 0.2) is 54.7 Å². The molecule has 4 aromatic rings. The maximum atomic E-state index is 5.88. The highest BCUT2D eigenvalue weighted by Gasteiger charge is 2.25. The lowest BCUT2D eigenvalue weighted by Gasteiger charge is -2.09. The Bertz CT molecular complexity index is 1120. The topological polar surface area (TPSA) is 75.7 Å². The van der Waals surface area contributed by atoms with Crippen LogP contribution in [0.2, 0.25) is 0 Å². The van der Waals surface area contributed by atoms with Gasteiger partial charge in [0.2, 0.25) is 0 Å². The van der Waals surface area contributed by atoms with E-state index in [0.29, 0.717) is 23.5 Å². The number of nitrogens with one attached hydrogen (secondary N) is 2. The first kappa shape index (κ1) is 15.8. The molecule has 6 heteroatoms. The number of anilines is 2. The standard InChI is InChI=1S/C21H19N5O/c1-13-12-22-21(27-17-9-8-14-4-2-3-5-16(14)10-17)24-20(13)23-19-11-18(25-26-19)15-6-7-15/h2-5,8-12,15H,6-7H2,1H3,(H2,22,23,24,25,26). The second-order valence-electron chi connectivity index (χ2n) is 6.90. The van der Waals surface area contributed by atoms with Crippen LogP contribution in [0.4, 0.5) is 11.6 Å². The third-order valence-electron chi connectivity index (χ3n) is 4.74. The maximum Gasteiger partial charge on any atom is 0.323 e. The summed E-state index contributed by atoms with van der Waals surface area (Å²) < 4.78 is 5.88. The third-order valence-corrected chi connectivity index (χ3v) is 4.74. The Kier molecular flexibility index (Phi) is 3.74. The molecule has 27 heavy (non-hydrogen) atoms. The van der Waals surface area contributed by atoms with E-state index in [1.807, 2.05) is 43.3 Å². The van der Waals surface area contributed by atoms with E-state index in [1.165, 1.54) is 23.9 Å². The highest BCUT2D eigenvalue weighted by molar-refractivity contribution is 5.83. The van der Waals surface area contributed by atoms with Crippen molar-refractivity contribution in [3.63, 3.8) is 0 Å². The van der Waals surface area contributed by atoms with Gasteiger partial charge < -0.3 is 10.1 Å². The minimum absolute atomic E-state index is 0.302. The number of rotatable bonds is 5. The Morgan fingerprint density at radius 3 is 2.78 bits per heavy atom. The minimum atomic E-state index is 0.302. The molecule has 6 nitrogen and oxygen atoms in total. The first-order chi connectivity index (χ1) is 13.2. The van der Waals surface area contributed by atoms with Crippen molar-refractivity contribution in [2.45, 2.75) is 25.7 Å². The van der Waals surface area contributed by atoms with Crippen LogP contribution in [0.5, 0.6) is 11.8 Å². The van der Waals surface area contributed by atoms with Gasteiger partial charge >= 0.3 is 6.01 Å². The summed E-state index contributed by atoms with van der Waals surface area (Å²) >= 11 is 0. The third kappa shape index (κ3) is 3.33. The summed E-state index contributed by atoms with van der Waals surface area (Å²) in [7, 11) is 0. The number of nitrogens with zero attached hydrogens (tertiary/aromatic N) is 3. The molecule has 0 saturated heterocycles. The van der Waals surface area contributed by atoms with E-state index < -0.39 is 0 Å². The number of aromatic amines is 1. The van der Waals surface area contributed by atoms with Crippen LogP contribution in [0.3, 0.4) is 0 Å². The largest absolute Gasteiger partial charge is 0.424 e. The first-order valence-corrected chi connectivity index (χ1v) is 9.07. The zero-order chi connectivity index (χ0) is 18.2. The van der Waals surface area contributed by atoms with Crippen LogP contribution >= 0.6 is 0 Å².